The average molecular weight is 353 g/mol. The van der Waals surface area contributed by atoms with Gasteiger partial charge in [0.05, 0.1) is 5.56 Å². The van der Waals surface area contributed by atoms with Gasteiger partial charge in [-0.1, -0.05) is 31.9 Å². The van der Waals surface area contributed by atoms with Gasteiger partial charge in [-0.25, -0.2) is 4.98 Å². The molecule has 0 radical (unpaired) electrons. The summed E-state index contributed by atoms with van der Waals surface area (Å²) in [6.07, 6.45) is 3.17. The molecule has 0 saturated carbocycles. The molecule has 26 heavy (non-hydrogen) atoms. The second-order valence-corrected chi connectivity index (χ2v) is 6.33. The van der Waals surface area contributed by atoms with E-state index in [1.165, 1.54) is 4.52 Å². The van der Waals surface area contributed by atoms with Gasteiger partial charge in [0.25, 0.3) is 5.91 Å². The van der Waals surface area contributed by atoms with Gasteiger partial charge in [-0.2, -0.15) is 4.52 Å². The number of aromatic hydroxyl groups is 1. The number of phenols is 1. The summed E-state index contributed by atoms with van der Waals surface area (Å²) in [5.74, 6) is 0.675. The van der Waals surface area contributed by atoms with E-state index in [0.717, 1.165) is 19.3 Å². The van der Waals surface area contributed by atoms with Gasteiger partial charge in [-0.15, -0.1) is 5.10 Å². The van der Waals surface area contributed by atoms with E-state index < -0.39 is 0 Å². The number of aromatic nitrogens is 3. The molecule has 0 aliphatic heterocycles. The molecule has 0 aliphatic rings. The van der Waals surface area contributed by atoms with Crippen LogP contribution in [0.25, 0.3) is 17.0 Å². The third-order valence-electron chi connectivity index (χ3n) is 4.30. The highest BCUT2D eigenvalue weighted by atomic mass is 16.3. The van der Waals surface area contributed by atoms with Gasteiger partial charge in [0.2, 0.25) is 0 Å². The molecule has 2 heterocycles. The Morgan fingerprint density at radius 3 is 2.77 bits per heavy atom. The summed E-state index contributed by atoms with van der Waals surface area (Å²) in [5.41, 5.74) is 7.53. The summed E-state index contributed by atoms with van der Waals surface area (Å²) >= 11 is 0. The third kappa shape index (κ3) is 3.46. The second-order valence-electron chi connectivity index (χ2n) is 6.33. The number of nitrogen functional groups attached to an aromatic ring is 1. The zero-order valence-corrected chi connectivity index (χ0v) is 15.0. The van der Waals surface area contributed by atoms with Crippen molar-refractivity contribution in [3.8, 4) is 17.1 Å². The number of carbonyl (C=O) groups is 1. The number of carbonyl (C=O) groups excluding carboxylic acids is 1. The minimum Gasteiger partial charge on any atom is -0.507 e. The number of rotatable bonds is 6. The van der Waals surface area contributed by atoms with Gasteiger partial charge < -0.3 is 15.7 Å². The van der Waals surface area contributed by atoms with Gasteiger partial charge in [0.15, 0.2) is 11.5 Å². The average Bonchev–Trinajstić information content (AvgIpc) is 3.06. The molecule has 3 N–H and O–H groups in total. The van der Waals surface area contributed by atoms with Crippen molar-refractivity contribution in [3.63, 3.8) is 0 Å². The van der Waals surface area contributed by atoms with E-state index in [4.69, 9.17) is 5.73 Å². The van der Waals surface area contributed by atoms with Crippen molar-refractivity contribution >= 4 is 17.4 Å². The van der Waals surface area contributed by atoms with Crippen LogP contribution in [0, 0.1) is 0 Å². The lowest BCUT2D eigenvalue weighted by Gasteiger charge is -2.17. The number of fused-ring (bicyclic) bond motifs is 1. The van der Waals surface area contributed by atoms with Crippen molar-refractivity contribution in [1.29, 1.82) is 0 Å². The van der Waals surface area contributed by atoms with E-state index in [0.29, 0.717) is 35.0 Å². The fraction of sp³-hybridized carbons (Fsp3) is 0.316. The molecule has 1 amide bonds. The summed E-state index contributed by atoms with van der Waals surface area (Å²) in [4.78, 5) is 18.8. The second kappa shape index (κ2) is 7.43. The molecule has 2 aromatic heterocycles. The van der Waals surface area contributed by atoms with Gasteiger partial charge in [-0.05, 0) is 30.7 Å². The number of anilines is 1. The first-order valence-electron chi connectivity index (χ1n) is 8.71. The molecule has 7 heteroatoms. The Labute approximate surface area is 152 Å². The number of phenolic OH excluding ortho intramolecular Hbond substituents is 1. The Morgan fingerprint density at radius 2 is 2.04 bits per heavy atom. The molecule has 136 valence electrons. The number of hydrogen-bond acceptors (Lipinski definition) is 5. The predicted octanol–water partition coefficient (Wildman–Crippen LogP) is 2.95. The highest BCUT2D eigenvalue weighted by molar-refractivity contribution is 5.95. The van der Waals surface area contributed by atoms with Gasteiger partial charge >= 0.3 is 0 Å². The number of benzene rings is 1. The fourth-order valence-electron chi connectivity index (χ4n) is 2.83. The number of amides is 1. The number of nitrogens with two attached hydrogens (primary N) is 1. The summed E-state index contributed by atoms with van der Waals surface area (Å²) < 4.78 is 1.47. The van der Waals surface area contributed by atoms with E-state index in [1.807, 2.05) is 0 Å². The molecule has 1 aromatic carbocycles. The maximum Gasteiger partial charge on any atom is 0.253 e. The standard InChI is InChI=1S/C19H23N5O2/c1-3-4-7-10-23(2)19(26)13-11-16(20)24-17(12-13)21-18(22-24)14-8-5-6-9-15(14)25/h5-6,8-9,11-12,25H,3-4,7,10,20H2,1-2H3. The SMILES string of the molecule is CCCCCN(C)C(=O)c1cc(N)n2nc(-c3ccccc3O)nc2c1. The van der Waals surface area contributed by atoms with Crippen LogP contribution in [0.4, 0.5) is 5.82 Å². The number of unbranched alkanes of at least 4 members (excludes halogenated alkanes) is 2. The normalized spacial score (nSPS) is 11.0. The van der Waals surface area contributed by atoms with Crippen molar-refractivity contribution in [3.05, 3.63) is 42.0 Å². The van der Waals surface area contributed by atoms with E-state index in [9.17, 15) is 9.90 Å². The van der Waals surface area contributed by atoms with Crippen LogP contribution >= 0.6 is 0 Å². The smallest absolute Gasteiger partial charge is 0.253 e. The van der Waals surface area contributed by atoms with Crippen molar-refractivity contribution in [2.45, 2.75) is 26.2 Å². The van der Waals surface area contributed by atoms with Crippen molar-refractivity contribution in [2.75, 3.05) is 19.3 Å². The minimum absolute atomic E-state index is 0.0916. The first-order valence-corrected chi connectivity index (χ1v) is 8.71. The first kappa shape index (κ1) is 17.7. The monoisotopic (exact) mass is 353 g/mol. The number of para-hydroxylation sites is 1. The molecule has 3 aromatic rings. The number of hydrogen-bond donors (Lipinski definition) is 2. The van der Waals surface area contributed by atoms with Crippen molar-refractivity contribution in [2.24, 2.45) is 0 Å². The Bertz CT molecular complexity index is 935. The van der Waals surface area contributed by atoms with Gasteiger partial charge in [-0.3, -0.25) is 4.79 Å². The predicted molar refractivity (Wildman–Crippen MR) is 101 cm³/mol. The van der Waals surface area contributed by atoms with E-state index in [1.54, 1.807) is 48.3 Å². The molecule has 0 unspecified atom stereocenters. The molecule has 0 spiro atoms. The Balaban J connectivity index is 1.93. The van der Waals surface area contributed by atoms with Crippen molar-refractivity contribution in [1.82, 2.24) is 19.5 Å². The highest BCUT2D eigenvalue weighted by Gasteiger charge is 2.17. The van der Waals surface area contributed by atoms with Gasteiger partial charge in [0, 0.05) is 19.2 Å². The summed E-state index contributed by atoms with van der Waals surface area (Å²) in [6, 6.07) is 10.1. The van der Waals surface area contributed by atoms with Crippen LogP contribution < -0.4 is 5.73 Å². The van der Waals surface area contributed by atoms with Crippen LogP contribution in [-0.4, -0.2) is 44.1 Å². The largest absolute Gasteiger partial charge is 0.507 e. The highest BCUT2D eigenvalue weighted by Crippen LogP contribution is 2.27. The van der Waals surface area contributed by atoms with E-state index in [-0.39, 0.29) is 11.7 Å². The zero-order valence-electron chi connectivity index (χ0n) is 15.0. The molecular weight excluding hydrogens is 330 g/mol. The molecule has 0 atom stereocenters. The lowest BCUT2D eigenvalue weighted by Crippen LogP contribution is -2.28. The first-order chi connectivity index (χ1) is 12.5. The Hall–Kier alpha value is -3.09. The van der Waals surface area contributed by atoms with Crippen LogP contribution in [0.5, 0.6) is 5.75 Å². The third-order valence-corrected chi connectivity index (χ3v) is 4.30. The maximum absolute atomic E-state index is 12.6. The number of nitrogens with zero attached hydrogens (tertiary/aromatic N) is 4. The molecule has 0 aliphatic carbocycles. The quantitative estimate of drug-likeness (QED) is 0.664. The zero-order chi connectivity index (χ0) is 18.7. The number of pyridine rings is 1. The fourth-order valence-corrected chi connectivity index (χ4v) is 2.83. The van der Waals surface area contributed by atoms with Crippen LogP contribution in [-0.2, 0) is 0 Å². The maximum atomic E-state index is 12.6. The van der Waals surface area contributed by atoms with E-state index in [2.05, 4.69) is 17.0 Å². The lowest BCUT2D eigenvalue weighted by molar-refractivity contribution is 0.0792. The van der Waals surface area contributed by atoms with Crippen molar-refractivity contribution < 1.29 is 9.90 Å². The van der Waals surface area contributed by atoms with Crippen LogP contribution in [0.15, 0.2) is 36.4 Å². The summed E-state index contributed by atoms with van der Waals surface area (Å²) in [6.45, 7) is 2.83. The molecule has 7 nitrogen and oxygen atoms in total. The topological polar surface area (TPSA) is 96.8 Å². The van der Waals surface area contributed by atoms with E-state index >= 15 is 0 Å². The van der Waals surface area contributed by atoms with Crippen LogP contribution in [0.1, 0.15) is 36.5 Å². The Morgan fingerprint density at radius 1 is 1.27 bits per heavy atom. The molecule has 0 fully saturated rings. The molecular formula is C19H23N5O2. The lowest BCUT2D eigenvalue weighted by atomic mass is 10.2. The van der Waals surface area contributed by atoms with Crippen LogP contribution in [0.3, 0.4) is 0 Å². The van der Waals surface area contributed by atoms with Gasteiger partial charge in [0.1, 0.15) is 11.6 Å². The van der Waals surface area contributed by atoms with Crippen LogP contribution in [0.2, 0.25) is 0 Å². The Kier molecular flexibility index (Phi) is 5.06. The molecule has 0 saturated heterocycles. The molecule has 3 rings (SSSR count). The summed E-state index contributed by atoms with van der Waals surface area (Å²) in [7, 11) is 1.79. The summed E-state index contributed by atoms with van der Waals surface area (Å²) in [5, 5.41) is 14.3. The minimum atomic E-state index is -0.0950. The molecule has 0 bridgehead atoms.